The Bertz CT molecular complexity index is 384. The molecule has 1 N–H and O–H groups in total. The highest BCUT2D eigenvalue weighted by Gasteiger charge is 2.66. The summed E-state index contributed by atoms with van der Waals surface area (Å²) in [5.74, 6) is -1.64. The molecule has 1 aliphatic carbocycles. The molecule has 2 rings (SSSR count). The lowest BCUT2D eigenvalue weighted by atomic mass is 10.0. The molecule has 2 aliphatic rings. The van der Waals surface area contributed by atoms with E-state index in [-0.39, 0.29) is 17.2 Å². The van der Waals surface area contributed by atoms with Crippen LogP contribution in [0.3, 0.4) is 0 Å². The highest BCUT2D eigenvalue weighted by molar-refractivity contribution is 5.91. The van der Waals surface area contributed by atoms with Crippen LogP contribution in [0, 0.1) is 17.3 Å². The van der Waals surface area contributed by atoms with Gasteiger partial charge in [-0.3, -0.25) is 9.59 Å². The number of rotatable bonds is 3. The van der Waals surface area contributed by atoms with Crippen LogP contribution >= 0.6 is 0 Å². The fourth-order valence-corrected chi connectivity index (χ4v) is 3.36. The maximum atomic E-state index is 12.4. The van der Waals surface area contributed by atoms with Crippen LogP contribution in [0.2, 0.25) is 0 Å². The number of likely N-dealkylation sites (tertiary alicyclic amines) is 1. The predicted molar refractivity (Wildman–Crippen MR) is 71.7 cm³/mol. The number of carboxylic acids is 1. The van der Waals surface area contributed by atoms with Crippen LogP contribution in [0.25, 0.3) is 0 Å². The van der Waals surface area contributed by atoms with Crippen molar-refractivity contribution in [3.8, 4) is 0 Å². The van der Waals surface area contributed by atoms with E-state index in [0.29, 0.717) is 6.04 Å². The van der Waals surface area contributed by atoms with E-state index in [2.05, 4.69) is 19.0 Å². The van der Waals surface area contributed by atoms with Gasteiger partial charge in [0.05, 0.1) is 11.8 Å². The normalized spacial score (nSPS) is 30.5. The lowest BCUT2D eigenvalue weighted by molar-refractivity contribution is -0.142. The summed E-state index contributed by atoms with van der Waals surface area (Å²) in [6.45, 7) is 5.25. The molecule has 108 valence electrons. The average Bonchev–Trinajstić information content (AvgIpc) is 2.91. The number of carbonyl (C=O) groups excluding carboxylic acids is 1. The van der Waals surface area contributed by atoms with Gasteiger partial charge in [-0.1, -0.05) is 13.8 Å². The Hall–Kier alpha value is -1.10. The van der Waals surface area contributed by atoms with Crippen molar-refractivity contribution in [3.05, 3.63) is 0 Å². The molecule has 1 aliphatic heterocycles. The van der Waals surface area contributed by atoms with Crippen LogP contribution in [0.15, 0.2) is 0 Å². The smallest absolute Gasteiger partial charge is 0.307 e. The molecule has 19 heavy (non-hydrogen) atoms. The van der Waals surface area contributed by atoms with Gasteiger partial charge in [0.15, 0.2) is 0 Å². The third kappa shape index (κ3) is 2.48. The van der Waals surface area contributed by atoms with Crippen molar-refractivity contribution in [2.45, 2.75) is 32.7 Å². The van der Waals surface area contributed by atoms with Crippen LogP contribution in [0.4, 0.5) is 0 Å². The van der Waals surface area contributed by atoms with E-state index >= 15 is 0 Å². The Morgan fingerprint density at radius 2 is 1.68 bits per heavy atom. The molecule has 1 heterocycles. The number of piperidine rings is 1. The maximum absolute atomic E-state index is 12.4. The maximum Gasteiger partial charge on any atom is 0.307 e. The van der Waals surface area contributed by atoms with Crippen molar-refractivity contribution in [1.29, 1.82) is 0 Å². The molecule has 1 saturated carbocycles. The molecule has 5 heteroatoms. The summed E-state index contributed by atoms with van der Waals surface area (Å²) in [4.78, 5) is 27.6. The molecule has 1 amide bonds. The topological polar surface area (TPSA) is 60.9 Å². The first kappa shape index (κ1) is 14.3. The zero-order chi connectivity index (χ0) is 14.4. The SMILES string of the molecule is CN(C)C1CCN(C(=O)C2C(C(=O)O)C2(C)C)CC1. The second-order valence-electron chi connectivity index (χ2n) is 6.64. The molecule has 1 saturated heterocycles. The molecule has 2 fully saturated rings. The first-order valence-corrected chi connectivity index (χ1v) is 6.95. The second-order valence-corrected chi connectivity index (χ2v) is 6.64. The summed E-state index contributed by atoms with van der Waals surface area (Å²) < 4.78 is 0. The van der Waals surface area contributed by atoms with E-state index in [4.69, 9.17) is 5.11 Å². The minimum absolute atomic E-state index is 0.0367. The van der Waals surface area contributed by atoms with Crippen molar-refractivity contribution in [1.82, 2.24) is 9.80 Å². The molecule has 0 radical (unpaired) electrons. The molecule has 0 aromatic rings. The van der Waals surface area contributed by atoms with Gasteiger partial charge < -0.3 is 14.9 Å². The van der Waals surface area contributed by atoms with Gasteiger partial charge >= 0.3 is 5.97 Å². The second kappa shape index (κ2) is 4.78. The highest BCUT2D eigenvalue weighted by atomic mass is 16.4. The van der Waals surface area contributed by atoms with Crippen molar-refractivity contribution in [3.63, 3.8) is 0 Å². The number of carbonyl (C=O) groups is 2. The van der Waals surface area contributed by atoms with Gasteiger partial charge in [-0.25, -0.2) is 0 Å². The van der Waals surface area contributed by atoms with Crippen LogP contribution in [0.5, 0.6) is 0 Å². The summed E-state index contributed by atoms with van der Waals surface area (Å²) in [6, 6.07) is 0.534. The predicted octanol–water partition coefficient (Wildman–Crippen LogP) is 0.896. The summed E-state index contributed by atoms with van der Waals surface area (Å²) in [5.41, 5.74) is -0.388. The first-order valence-electron chi connectivity index (χ1n) is 6.95. The first-order chi connectivity index (χ1) is 8.76. The molecule has 0 spiro atoms. The van der Waals surface area contributed by atoms with E-state index in [1.54, 1.807) is 0 Å². The minimum atomic E-state index is -0.841. The van der Waals surface area contributed by atoms with Gasteiger partial charge in [-0.05, 0) is 32.4 Å². The molecular weight excluding hydrogens is 244 g/mol. The number of hydrogen-bond acceptors (Lipinski definition) is 3. The Morgan fingerprint density at radius 3 is 2.05 bits per heavy atom. The quantitative estimate of drug-likeness (QED) is 0.826. The lowest BCUT2D eigenvalue weighted by Crippen LogP contribution is -2.45. The van der Waals surface area contributed by atoms with Gasteiger partial charge in [-0.2, -0.15) is 0 Å². The van der Waals surface area contributed by atoms with E-state index in [1.165, 1.54) is 0 Å². The van der Waals surface area contributed by atoms with Crippen molar-refractivity contribution >= 4 is 11.9 Å². The number of nitrogens with zero attached hydrogens (tertiary/aromatic N) is 2. The van der Waals surface area contributed by atoms with Crippen LogP contribution < -0.4 is 0 Å². The molecule has 0 bridgehead atoms. The largest absolute Gasteiger partial charge is 0.481 e. The molecule has 5 nitrogen and oxygen atoms in total. The Kier molecular flexibility index (Phi) is 3.60. The van der Waals surface area contributed by atoms with Gasteiger partial charge in [-0.15, -0.1) is 0 Å². The average molecular weight is 268 g/mol. The van der Waals surface area contributed by atoms with E-state index < -0.39 is 11.9 Å². The Morgan fingerprint density at radius 1 is 1.16 bits per heavy atom. The molecule has 0 aromatic heterocycles. The molecule has 0 aromatic carbocycles. The van der Waals surface area contributed by atoms with Gasteiger partial charge in [0.1, 0.15) is 0 Å². The molecule has 2 unspecified atom stereocenters. The fraction of sp³-hybridized carbons (Fsp3) is 0.857. The molecule has 2 atom stereocenters. The van der Waals surface area contributed by atoms with E-state index in [1.807, 2.05) is 18.7 Å². The van der Waals surface area contributed by atoms with Gasteiger partial charge in [0, 0.05) is 19.1 Å². The Balaban J connectivity index is 1.94. The summed E-state index contributed by atoms with van der Waals surface area (Å²) in [7, 11) is 4.12. The fourth-order valence-electron chi connectivity index (χ4n) is 3.36. The molecular formula is C14H24N2O3. The van der Waals surface area contributed by atoms with Crippen molar-refractivity contribution in [2.75, 3.05) is 27.2 Å². The van der Waals surface area contributed by atoms with Crippen LogP contribution in [-0.4, -0.2) is 60.0 Å². The number of amides is 1. The third-order valence-electron chi connectivity index (χ3n) is 4.87. The summed E-state index contributed by atoms with van der Waals surface area (Å²) >= 11 is 0. The zero-order valence-electron chi connectivity index (χ0n) is 12.2. The van der Waals surface area contributed by atoms with Gasteiger partial charge in [0.2, 0.25) is 5.91 Å². The van der Waals surface area contributed by atoms with Crippen LogP contribution in [0.1, 0.15) is 26.7 Å². The third-order valence-corrected chi connectivity index (χ3v) is 4.87. The number of hydrogen-bond donors (Lipinski definition) is 1. The van der Waals surface area contributed by atoms with Crippen LogP contribution in [-0.2, 0) is 9.59 Å². The van der Waals surface area contributed by atoms with Gasteiger partial charge in [0.25, 0.3) is 0 Å². The number of aliphatic carboxylic acids is 1. The minimum Gasteiger partial charge on any atom is -0.481 e. The highest BCUT2D eigenvalue weighted by Crippen LogP contribution is 2.59. The number of carboxylic acid groups (broad SMARTS) is 1. The lowest BCUT2D eigenvalue weighted by Gasteiger charge is -2.35. The monoisotopic (exact) mass is 268 g/mol. The van der Waals surface area contributed by atoms with E-state index in [9.17, 15) is 9.59 Å². The summed E-state index contributed by atoms with van der Waals surface area (Å²) in [6.07, 6.45) is 1.95. The van der Waals surface area contributed by atoms with E-state index in [0.717, 1.165) is 25.9 Å². The van der Waals surface area contributed by atoms with Crippen molar-refractivity contribution in [2.24, 2.45) is 17.3 Å². The summed E-state index contributed by atoms with van der Waals surface area (Å²) in [5, 5.41) is 9.14. The van der Waals surface area contributed by atoms with Crippen molar-refractivity contribution < 1.29 is 14.7 Å². The zero-order valence-corrected chi connectivity index (χ0v) is 12.2. The standard InChI is InChI=1S/C14H24N2O3/c1-14(2)10(11(14)13(18)19)12(17)16-7-5-9(6-8-16)15(3)4/h9-11H,5-8H2,1-4H3,(H,18,19). The Labute approximate surface area is 114 Å².